The number of nitrogens with zero attached hydrogens (tertiary/aromatic N) is 2. The molecule has 0 aliphatic carbocycles. The van der Waals surface area contributed by atoms with Crippen LogP contribution in [0.15, 0.2) is 40.2 Å². The number of aromatic nitrogens is 2. The number of rotatable bonds is 4. The number of carbonyl (C=O) groups is 1. The SMILES string of the molecule is Cc1csc(CNC(=O)c2cc(-c3ccccc3F)on2)n1. The summed E-state index contributed by atoms with van der Waals surface area (Å²) < 4.78 is 18.7. The van der Waals surface area contributed by atoms with Crippen LogP contribution in [-0.4, -0.2) is 16.0 Å². The van der Waals surface area contributed by atoms with E-state index in [1.165, 1.54) is 23.5 Å². The second-order valence-corrected chi connectivity index (χ2v) is 5.56. The van der Waals surface area contributed by atoms with Crippen molar-refractivity contribution in [3.8, 4) is 11.3 Å². The van der Waals surface area contributed by atoms with E-state index in [1.54, 1.807) is 18.2 Å². The van der Waals surface area contributed by atoms with Crippen molar-refractivity contribution in [3.63, 3.8) is 0 Å². The van der Waals surface area contributed by atoms with Crippen LogP contribution in [0.25, 0.3) is 11.3 Å². The molecule has 0 unspecified atom stereocenters. The van der Waals surface area contributed by atoms with Gasteiger partial charge in [-0.1, -0.05) is 17.3 Å². The molecular weight excluding hydrogens is 305 g/mol. The van der Waals surface area contributed by atoms with E-state index in [0.29, 0.717) is 6.54 Å². The number of thiazole rings is 1. The van der Waals surface area contributed by atoms with Gasteiger partial charge in [0.1, 0.15) is 10.8 Å². The molecule has 2 aromatic heterocycles. The molecule has 0 bridgehead atoms. The number of nitrogens with one attached hydrogen (secondary N) is 1. The van der Waals surface area contributed by atoms with Gasteiger partial charge >= 0.3 is 0 Å². The van der Waals surface area contributed by atoms with Crippen LogP contribution < -0.4 is 5.32 Å². The van der Waals surface area contributed by atoms with Crippen LogP contribution in [0.5, 0.6) is 0 Å². The van der Waals surface area contributed by atoms with Gasteiger partial charge in [0.15, 0.2) is 11.5 Å². The van der Waals surface area contributed by atoms with E-state index in [-0.39, 0.29) is 22.9 Å². The summed E-state index contributed by atoms with van der Waals surface area (Å²) in [4.78, 5) is 16.3. The third-order valence-corrected chi connectivity index (χ3v) is 3.92. The zero-order valence-electron chi connectivity index (χ0n) is 11.7. The van der Waals surface area contributed by atoms with E-state index in [4.69, 9.17) is 4.52 Å². The van der Waals surface area contributed by atoms with E-state index in [1.807, 2.05) is 12.3 Å². The highest BCUT2D eigenvalue weighted by Crippen LogP contribution is 2.23. The molecule has 0 aliphatic rings. The van der Waals surface area contributed by atoms with Crippen LogP contribution in [0.3, 0.4) is 0 Å². The maximum Gasteiger partial charge on any atom is 0.273 e. The van der Waals surface area contributed by atoms with Crippen molar-refractivity contribution in [1.82, 2.24) is 15.5 Å². The highest BCUT2D eigenvalue weighted by Gasteiger charge is 2.15. The summed E-state index contributed by atoms with van der Waals surface area (Å²) in [5.74, 6) is -0.601. The fraction of sp³-hybridized carbons (Fsp3) is 0.133. The summed E-state index contributed by atoms with van der Waals surface area (Å²) in [5, 5.41) is 9.10. The number of halogens is 1. The number of amides is 1. The predicted octanol–water partition coefficient (Wildman–Crippen LogP) is 3.18. The van der Waals surface area contributed by atoms with Gasteiger partial charge < -0.3 is 9.84 Å². The van der Waals surface area contributed by atoms with Crippen LogP contribution in [0.4, 0.5) is 4.39 Å². The van der Waals surface area contributed by atoms with Gasteiger partial charge in [-0.15, -0.1) is 11.3 Å². The Labute approximate surface area is 129 Å². The molecule has 0 saturated carbocycles. The molecule has 3 rings (SSSR count). The monoisotopic (exact) mass is 317 g/mol. The van der Waals surface area contributed by atoms with Crippen molar-refractivity contribution >= 4 is 17.2 Å². The average Bonchev–Trinajstić information content (AvgIpc) is 3.14. The van der Waals surface area contributed by atoms with Crippen LogP contribution in [0, 0.1) is 12.7 Å². The van der Waals surface area contributed by atoms with Gasteiger partial charge in [0.25, 0.3) is 5.91 Å². The van der Waals surface area contributed by atoms with Gasteiger partial charge in [0.2, 0.25) is 0 Å². The zero-order chi connectivity index (χ0) is 15.5. The van der Waals surface area contributed by atoms with Crippen molar-refractivity contribution in [2.24, 2.45) is 0 Å². The molecule has 0 radical (unpaired) electrons. The van der Waals surface area contributed by atoms with Gasteiger partial charge in [0.05, 0.1) is 12.1 Å². The molecule has 7 heteroatoms. The smallest absolute Gasteiger partial charge is 0.273 e. The fourth-order valence-electron chi connectivity index (χ4n) is 1.90. The fourth-order valence-corrected chi connectivity index (χ4v) is 2.61. The van der Waals surface area contributed by atoms with Crippen LogP contribution in [0.1, 0.15) is 21.2 Å². The number of hydrogen-bond donors (Lipinski definition) is 1. The molecule has 0 fully saturated rings. The Morgan fingerprint density at radius 3 is 2.95 bits per heavy atom. The summed E-state index contributed by atoms with van der Waals surface area (Å²) >= 11 is 1.47. The molecule has 112 valence electrons. The van der Waals surface area contributed by atoms with E-state index in [0.717, 1.165) is 10.7 Å². The van der Waals surface area contributed by atoms with E-state index in [2.05, 4.69) is 15.5 Å². The van der Waals surface area contributed by atoms with Gasteiger partial charge in [-0.3, -0.25) is 4.79 Å². The second-order valence-electron chi connectivity index (χ2n) is 4.62. The van der Waals surface area contributed by atoms with Gasteiger partial charge in [0, 0.05) is 17.1 Å². The summed E-state index contributed by atoms with van der Waals surface area (Å²) in [5.41, 5.74) is 1.29. The maximum absolute atomic E-state index is 13.7. The molecule has 22 heavy (non-hydrogen) atoms. The quantitative estimate of drug-likeness (QED) is 0.802. The predicted molar refractivity (Wildman–Crippen MR) is 79.9 cm³/mol. The minimum absolute atomic E-state index is 0.103. The Bertz CT molecular complexity index is 812. The Morgan fingerprint density at radius 1 is 1.41 bits per heavy atom. The summed E-state index contributed by atoms with van der Waals surface area (Å²) in [7, 11) is 0. The van der Waals surface area contributed by atoms with Crippen LogP contribution in [-0.2, 0) is 6.54 Å². The van der Waals surface area contributed by atoms with Crippen molar-refractivity contribution in [2.75, 3.05) is 0 Å². The minimum Gasteiger partial charge on any atom is -0.355 e. The Morgan fingerprint density at radius 2 is 2.23 bits per heavy atom. The lowest BCUT2D eigenvalue weighted by atomic mass is 10.1. The molecule has 1 N–H and O–H groups in total. The maximum atomic E-state index is 13.7. The number of benzene rings is 1. The molecule has 3 aromatic rings. The topological polar surface area (TPSA) is 68.0 Å². The van der Waals surface area contributed by atoms with Crippen molar-refractivity contribution in [1.29, 1.82) is 0 Å². The van der Waals surface area contributed by atoms with Gasteiger partial charge in [-0.05, 0) is 19.1 Å². The standard InChI is InChI=1S/C15H12FN3O2S/c1-9-8-22-14(18-9)7-17-15(20)12-6-13(21-19-12)10-4-2-3-5-11(10)16/h2-6,8H,7H2,1H3,(H,17,20). The Balaban J connectivity index is 1.70. The third-order valence-electron chi connectivity index (χ3n) is 2.95. The van der Waals surface area contributed by atoms with E-state index >= 15 is 0 Å². The summed E-state index contributed by atoms with van der Waals surface area (Å²) in [6, 6.07) is 7.57. The lowest BCUT2D eigenvalue weighted by Crippen LogP contribution is -2.22. The Hall–Kier alpha value is -2.54. The highest BCUT2D eigenvalue weighted by atomic mass is 32.1. The first-order chi connectivity index (χ1) is 10.6. The minimum atomic E-state index is -0.427. The largest absolute Gasteiger partial charge is 0.355 e. The molecule has 2 heterocycles. The van der Waals surface area contributed by atoms with Crippen LogP contribution in [0.2, 0.25) is 0 Å². The third kappa shape index (κ3) is 3.04. The average molecular weight is 317 g/mol. The lowest BCUT2D eigenvalue weighted by molar-refractivity contribution is 0.0942. The number of hydrogen-bond acceptors (Lipinski definition) is 5. The number of aryl methyl sites for hydroxylation is 1. The molecule has 0 atom stereocenters. The molecule has 0 spiro atoms. The molecular formula is C15H12FN3O2S. The molecule has 5 nitrogen and oxygen atoms in total. The number of carbonyl (C=O) groups excluding carboxylic acids is 1. The first-order valence-electron chi connectivity index (χ1n) is 6.54. The lowest BCUT2D eigenvalue weighted by Gasteiger charge is -1.98. The molecule has 1 aromatic carbocycles. The second kappa shape index (κ2) is 6.07. The first kappa shape index (κ1) is 14.4. The van der Waals surface area contributed by atoms with Gasteiger partial charge in [-0.2, -0.15) is 0 Å². The van der Waals surface area contributed by atoms with E-state index < -0.39 is 5.82 Å². The highest BCUT2D eigenvalue weighted by molar-refractivity contribution is 7.09. The van der Waals surface area contributed by atoms with Crippen molar-refractivity contribution in [2.45, 2.75) is 13.5 Å². The molecule has 0 saturated heterocycles. The summed E-state index contributed by atoms with van der Waals surface area (Å²) in [6.45, 7) is 2.21. The van der Waals surface area contributed by atoms with E-state index in [9.17, 15) is 9.18 Å². The molecule has 0 aliphatic heterocycles. The van der Waals surface area contributed by atoms with Crippen molar-refractivity contribution in [3.05, 3.63) is 57.9 Å². The van der Waals surface area contributed by atoms with Crippen LogP contribution >= 0.6 is 11.3 Å². The normalized spacial score (nSPS) is 10.6. The Kier molecular flexibility index (Phi) is 3.97. The van der Waals surface area contributed by atoms with Crippen molar-refractivity contribution < 1.29 is 13.7 Å². The summed E-state index contributed by atoms with van der Waals surface area (Å²) in [6.07, 6.45) is 0. The van der Waals surface area contributed by atoms with Gasteiger partial charge in [-0.25, -0.2) is 9.37 Å². The molecule has 1 amide bonds. The zero-order valence-corrected chi connectivity index (χ0v) is 12.5. The first-order valence-corrected chi connectivity index (χ1v) is 7.42.